The number of aliphatic hydroxyl groups excluding tert-OH is 6. The summed E-state index contributed by atoms with van der Waals surface area (Å²) >= 11 is 14.3. The molecule has 18 atom stereocenters. The Bertz CT molecular complexity index is 4560. The van der Waals surface area contributed by atoms with E-state index in [-0.39, 0.29) is 75.3 Å². The summed E-state index contributed by atoms with van der Waals surface area (Å²) in [4.78, 5) is 117. The van der Waals surface area contributed by atoms with Gasteiger partial charge in [0.2, 0.25) is 47.8 Å². The van der Waals surface area contributed by atoms with Gasteiger partial charge in [-0.05, 0) is 127 Å². The molecule has 0 spiro atoms. The molecule has 0 saturated carbocycles. The van der Waals surface area contributed by atoms with Crippen LogP contribution >= 0.6 is 23.2 Å². The molecule has 13 rings (SSSR count). The molecule has 0 radical (unpaired) electrons. The molecule has 5 amide bonds. The molecule has 584 valence electrons. The molecule has 110 heavy (non-hydrogen) atoms. The molecule has 6 aromatic carbocycles. The van der Waals surface area contributed by atoms with Crippen molar-refractivity contribution in [3.63, 3.8) is 0 Å². The minimum atomic E-state index is -2.18. The van der Waals surface area contributed by atoms with E-state index in [0.717, 1.165) is 48.0 Å². The van der Waals surface area contributed by atoms with Crippen molar-refractivity contribution in [3.05, 3.63) is 152 Å². The lowest BCUT2D eigenvalue weighted by Gasteiger charge is -2.48. The quantitative estimate of drug-likeness (QED) is 0.0402. The molecule has 16 N–H and O–H groups in total. The number of carbonyl (C=O) groups excluding carboxylic acids is 8. The second kappa shape index (κ2) is 34.1. The third-order valence-corrected chi connectivity index (χ3v) is 20.9. The monoisotopic (exact) mass is 1560 g/mol. The summed E-state index contributed by atoms with van der Waals surface area (Å²) in [6, 6.07) is 15.6. The number of halogens is 2. The van der Waals surface area contributed by atoms with Gasteiger partial charge in [0.05, 0.1) is 40.7 Å². The summed E-state index contributed by atoms with van der Waals surface area (Å²) in [6.45, 7) is 7.95. The molecule has 11 bridgehead atoms. The molecule has 7 aliphatic rings. The molecule has 6 aromatic rings. The van der Waals surface area contributed by atoms with Crippen LogP contribution in [0, 0.1) is 30.1 Å². The Morgan fingerprint density at radius 1 is 0.764 bits per heavy atom. The molecule has 7 aliphatic heterocycles. The summed E-state index contributed by atoms with van der Waals surface area (Å²) < 4.78 is 44.8. The van der Waals surface area contributed by atoms with Crippen LogP contribution in [0.3, 0.4) is 0 Å². The van der Waals surface area contributed by atoms with Crippen molar-refractivity contribution < 1.29 is 117 Å². The topological polar surface area (TPSA) is 469 Å². The Morgan fingerprint density at radius 3 is 2.03 bits per heavy atom. The Kier molecular flexibility index (Phi) is 25.1. The largest absolute Gasteiger partial charge is 0.508 e. The van der Waals surface area contributed by atoms with Crippen LogP contribution in [0.4, 0.5) is 0 Å². The van der Waals surface area contributed by atoms with Crippen LogP contribution in [-0.2, 0) is 63.8 Å². The van der Waals surface area contributed by atoms with Crippen molar-refractivity contribution in [1.82, 2.24) is 26.6 Å². The van der Waals surface area contributed by atoms with Gasteiger partial charge in [-0.2, -0.15) is 0 Å². The fourth-order valence-corrected chi connectivity index (χ4v) is 14.8. The maximum absolute atomic E-state index is 16.3. The number of phenolic OH excluding ortho intramolecular Hbond substituents is 3. The molecule has 2 fully saturated rings. The number of primary amides is 1. The number of ketones is 2. The van der Waals surface area contributed by atoms with Crippen LogP contribution in [0.15, 0.2) is 103 Å². The van der Waals surface area contributed by atoms with E-state index in [2.05, 4.69) is 32.5 Å². The molecule has 7 heterocycles. The van der Waals surface area contributed by atoms with Gasteiger partial charge in [-0.25, -0.2) is 0 Å². The molecule has 0 aromatic heterocycles. The lowest BCUT2D eigenvalue weighted by Crippen LogP contribution is -2.65. The maximum atomic E-state index is 16.3. The third kappa shape index (κ3) is 17.6. The van der Waals surface area contributed by atoms with Crippen molar-refractivity contribution in [1.29, 1.82) is 0 Å². The first kappa shape index (κ1) is 81.0. The highest BCUT2D eigenvalue weighted by Gasteiger charge is 2.52. The number of aliphatic hydroxyl groups is 6. The van der Waals surface area contributed by atoms with Gasteiger partial charge < -0.3 is 111 Å². The van der Waals surface area contributed by atoms with Crippen molar-refractivity contribution >= 4 is 70.8 Å². The highest BCUT2D eigenvalue weighted by atomic mass is 35.5. The van der Waals surface area contributed by atoms with Gasteiger partial charge in [0.1, 0.15) is 77.4 Å². The van der Waals surface area contributed by atoms with E-state index in [1.54, 1.807) is 45.0 Å². The number of hydrogen-bond donors (Lipinski definition) is 15. The number of hydrogen-bond acceptors (Lipinski definition) is 25. The lowest BCUT2D eigenvalue weighted by atomic mass is 9.84. The van der Waals surface area contributed by atoms with E-state index >= 15 is 19.2 Å². The SMILES string of the molecule is C#Cc1ccc(CNC2(C)C[C@H](O[C@@H]3C(O)C(O)[C@@H](CO)O[C@H]3Oc3c4cc5cc3Oc3ccc(cc3Cl)[C@@H](O)[C@@H](NC(=O)[C@H](CC)CC(C)C)C(=O)C[C@@H](CC(N)=O)C(=O)N[C@H]5C(=O)C[C@@H]3C(=O)N[C@H](C(=O)N[C@H](OC=O)c5cc(O)cc(O)c5-c5cc3ccc5O)[C@H](O)c3ccc(c(Cl)c3)O4)O[C@@H](C)[C@H]2O)cc1. The van der Waals surface area contributed by atoms with E-state index in [4.69, 9.17) is 68.5 Å². The number of rotatable bonds is 17. The average molecular weight is 1560 g/mol. The van der Waals surface area contributed by atoms with Gasteiger partial charge in [-0.3, -0.25) is 38.4 Å². The van der Waals surface area contributed by atoms with Gasteiger partial charge in [0.25, 0.3) is 6.47 Å². The van der Waals surface area contributed by atoms with Crippen LogP contribution in [0.25, 0.3) is 11.1 Å². The minimum absolute atomic E-state index is 0.0167. The summed E-state index contributed by atoms with van der Waals surface area (Å²) in [5.74, 6) is -14.1. The Balaban J connectivity index is 1.13. The summed E-state index contributed by atoms with van der Waals surface area (Å²) in [7, 11) is 0. The zero-order chi connectivity index (χ0) is 79.5. The normalized spacial score (nSPS) is 28.0. The number of nitrogens with two attached hydrogens (primary N) is 1. The second-order valence-corrected chi connectivity index (χ2v) is 29.3. The predicted octanol–water partition coefficient (Wildman–Crippen LogP) is 5.38. The van der Waals surface area contributed by atoms with Gasteiger partial charge in [0, 0.05) is 72.0 Å². The highest BCUT2D eigenvalue weighted by molar-refractivity contribution is 6.32. The zero-order valence-electron chi connectivity index (χ0n) is 60.0. The second-order valence-electron chi connectivity index (χ2n) is 28.5. The van der Waals surface area contributed by atoms with Crippen molar-refractivity contribution in [3.8, 4) is 69.5 Å². The number of terminal acetylenes is 1. The molecular formula is C78H84Cl2N6O24. The van der Waals surface area contributed by atoms with Crippen molar-refractivity contribution in [2.45, 2.75) is 177 Å². The standard InChI is InChI=1S/C78H84Cl2N6O24/c1-7-36-9-11-37(12-10-36)31-82-78(6)30-60(105-35(5)71(78)99)109-70-68(98)67(97)58(32-87)108-77(70)110-69-56-24-42-25-57(69)107-55-18-15-41(22-49(55)80)66(96)64-75(103)86-76(104-33-88)47-27-44(89)28-51(91)61(47)46-20-39(13-16-50(46)90)45(74(102)85-64)29-53(93)62(42)83-73(101)43(26-59(81)94)23-52(92)63(84-72(100)38(8-2)19-34(3)4)65(95)40-14-17-54(106-56)48(79)21-40/h1,9-18,20-22,24-25,27-28,33-35,38,43,45,58,60,62-68,70-71,76-77,82,87,89-91,95-99H,8,19,23,26,29-32H2,2-6H3,(H2,81,94)(H,83,101)(H,84,100)(H,85,102)(H,86,103)/t35-,38+,43-,45-,58+,60-,62+,63-,64-,65+,66+,67?,68?,70+,71+,76+,77-,78?/m0/s1. The maximum Gasteiger partial charge on any atom is 0.295 e. The molecule has 3 unspecified atom stereocenters. The Hall–Kier alpha value is -9.98. The number of amides is 5. The first-order valence-electron chi connectivity index (χ1n) is 35.4. The molecule has 32 heteroatoms. The predicted molar refractivity (Wildman–Crippen MR) is 389 cm³/mol. The van der Waals surface area contributed by atoms with E-state index in [9.17, 15) is 65.1 Å². The number of aromatic hydroxyl groups is 3. The van der Waals surface area contributed by atoms with E-state index in [1.807, 2.05) is 13.8 Å². The van der Waals surface area contributed by atoms with Gasteiger partial charge in [-0.15, -0.1) is 6.42 Å². The van der Waals surface area contributed by atoms with Crippen molar-refractivity contribution in [2.24, 2.45) is 23.5 Å². The van der Waals surface area contributed by atoms with E-state index < -0.39 is 221 Å². The fourth-order valence-electron chi connectivity index (χ4n) is 14.3. The number of benzene rings is 6. The lowest BCUT2D eigenvalue weighted by molar-refractivity contribution is -0.334. The number of Topliss-reactive ketones (excluding diaryl/α,β-unsaturated/α-hetero) is 2. The summed E-state index contributed by atoms with van der Waals surface area (Å²) in [5.41, 5.74) is 4.09. The van der Waals surface area contributed by atoms with Crippen LogP contribution in [0.5, 0.6) is 46.0 Å². The number of phenols is 3. The van der Waals surface area contributed by atoms with Crippen LogP contribution < -0.4 is 46.5 Å². The first-order valence-corrected chi connectivity index (χ1v) is 36.2. The third-order valence-electron chi connectivity index (χ3n) is 20.3. The molecular weight excluding hydrogens is 1480 g/mol. The number of nitrogens with one attached hydrogen (secondary N) is 5. The van der Waals surface area contributed by atoms with E-state index in [0.29, 0.717) is 18.4 Å². The molecule has 2 saturated heterocycles. The Morgan fingerprint density at radius 2 is 1.42 bits per heavy atom. The van der Waals surface area contributed by atoms with Gasteiger partial charge in [-0.1, -0.05) is 80.2 Å². The highest BCUT2D eigenvalue weighted by Crippen LogP contribution is 2.51. The molecule has 0 aliphatic carbocycles. The molecule has 30 nitrogen and oxygen atoms in total. The first-order chi connectivity index (χ1) is 52.3. The average Bonchev–Trinajstić information content (AvgIpc) is 0.771. The zero-order valence-corrected chi connectivity index (χ0v) is 61.5. The Labute approximate surface area is 640 Å². The smallest absolute Gasteiger partial charge is 0.295 e. The van der Waals surface area contributed by atoms with Crippen LogP contribution in [0.2, 0.25) is 10.0 Å². The van der Waals surface area contributed by atoms with Gasteiger partial charge in [0.15, 0.2) is 35.5 Å². The number of fused-ring (bicyclic) bond motifs is 15. The summed E-state index contributed by atoms with van der Waals surface area (Å²) in [6.07, 6.45) is -16.0. The van der Waals surface area contributed by atoms with Crippen LogP contribution in [0.1, 0.15) is 142 Å². The van der Waals surface area contributed by atoms with Gasteiger partial charge >= 0.3 is 0 Å². The van der Waals surface area contributed by atoms with Crippen LogP contribution in [-0.4, -0.2) is 167 Å². The van der Waals surface area contributed by atoms with E-state index in [1.165, 1.54) is 36.4 Å². The summed E-state index contributed by atoms with van der Waals surface area (Å²) in [5, 5.41) is 118. The minimum Gasteiger partial charge on any atom is -0.508 e. The number of carbonyl (C=O) groups is 8. The number of ether oxygens (including phenoxy) is 7. The van der Waals surface area contributed by atoms with Crippen molar-refractivity contribution in [2.75, 3.05) is 6.61 Å². The fraction of sp³-hybridized carbons (Fsp3) is 0.410.